The first-order valence-electron chi connectivity index (χ1n) is 5.95. The third kappa shape index (κ3) is 3.50. The normalized spacial score (nSPS) is 12.2. The Labute approximate surface area is 105 Å². The summed E-state index contributed by atoms with van der Waals surface area (Å²) in [6.45, 7) is 4.29. The van der Waals surface area contributed by atoms with Crippen LogP contribution >= 0.6 is 0 Å². The highest BCUT2D eigenvalue weighted by Gasteiger charge is 2.25. The van der Waals surface area contributed by atoms with Gasteiger partial charge in [0, 0.05) is 5.56 Å². The van der Waals surface area contributed by atoms with E-state index in [4.69, 9.17) is 4.74 Å². The zero-order valence-corrected chi connectivity index (χ0v) is 10.5. The number of halogens is 2. The molecule has 0 saturated heterocycles. The third-order valence-electron chi connectivity index (χ3n) is 2.41. The van der Waals surface area contributed by atoms with Gasteiger partial charge < -0.3 is 10.1 Å². The van der Waals surface area contributed by atoms with Crippen LogP contribution in [0.3, 0.4) is 0 Å². The molecular formula is C13H17F2NO2. The van der Waals surface area contributed by atoms with E-state index in [0.29, 0.717) is 6.54 Å². The minimum absolute atomic E-state index is 0.0260. The maximum Gasteiger partial charge on any atom is 0.327 e. The molecule has 1 rings (SSSR count). The van der Waals surface area contributed by atoms with E-state index in [1.807, 2.05) is 6.92 Å². The Morgan fingerprint density at radius 2 is 2.11 bits per heavy atom. The Morgan fingerprint density at radius 1 is 1.39 bits per heavy atom. The number of hydrogen-bond acceptors (Lipinski definition) is 3. The minimum Gasteiger partial charge on any atom is -0.465 e. The van der Waals surface area contributed by atoms with Crippen molar-refractivity contribution in [3.05, 3.63) is 35.4 Å². The molecule has 100 valence electrons. The molecule has 0 radical (unpaired) electrons. The first-order valence-corrected chi connectivity index (χ1v) is 5.95. The Kier molecular flexibility index (Phi) is 5.71. The molecule has 5 heteroatoms. The molecule has 0 aliphatic heterocycles. The fraction of sp³-hybridized carbons (Fsp3) is 0.462. The van der Waals surface area contributed by atoms with Gasteiger partial charge in [0.25, 0.3) is 0 Å². The smallest absolute Gasteiger partial charge is 0.327 e. The molecule has 1 aromatic rings. The molecular weight excluding hydrogens is 240 g/mol. The minimum atomic E-state index is -1.01. The molecule has 1 unspecified atom stereocenters. The fourth-order valence-corrected chi connectivity index (χ4v) is 1.58. The summed E-state index contributed by atoms with van der Waals surface area (Å²) in [4.78, 5) is 11.7. The molecule has 1 atom stereocenters. The topological polar surface area (TPSA) is 38.3 Å². The average molecular weight is 257 g/mol. The molecule has 18 heavy (non-hydrogen) atoms. The standard InChI is InChI=1S/C13H17F2NO2/c1-3-8-16-12(13(17)18-4-2)9-6-5-7-10(14)11(9)15/h5-7,12,16H,3-4,8H2,1-2H3. The second kappa shape index (κ2) is 7.06. The zero-order chi connectivity index (χ0) is 13.5. The highest BCUT2D eigenvalue weighted by atomic mass is 19.2. The first-order chi connectivity index (χ1) is 8.61. The number of ether oxygens (including phenoxy) is 1. The van der Waals surface area contributed by atoms with E-state index >= 15 is 0 Å². The van der Waals surface area contributed by atoms with Crippen LogP contribution in [0, 0.1) is 11.6 Å². The van der Waals surface area contributed by atoms with Crippen LogP contribution in [0.25, 0.3) is 0 Å². The predicted molar refractivity (Wildman–Crippen MR) is 64.0 cm³/mol. The van der Waals surface area contributed by atoms with E-state index in [1.54, 1.807) is 6.92 Å². The summed E-state index contributed by atoms with van der Waals surface area (Å²) in [5.41, 5.74) is -0.0260. The van der Waals surface area contributed by atoms with Gasteiger partial charge in [-0.05, 0) is 26.0 Å². The highest BCUT2D eigenvalue weighted by Crippen LogP contribution is 2.20. The molecule has 0 saturated carbocycles. The highest BCUT2D eigenvalue weighted by molar-refractivity contribution is 5.77. The van der Waals surface area contributed by atoms with Gasteiger partial charge in [0.15, 0.2) is 11.6 Å². The van der Waals surface area contributed by atoms with Crippen LogP contribution < -0.4 is 5.32 Å². The molecule has 0 fully saturated rings. The lowest BCUT2D eigenvalue weighted by Gasteiger charge is -2.18. The summed E-state index contributed by atoms with van der Waals surface area (Å²) in [6.07, 6.45) is 0.771. The van der Waals surface area contributed by atoms with Gasteiger partial charge in [-0.2, -0.15) is 0 Å². The fourth-order valence-electron chi connectivity index (χ4n) is 1.58. The van der Waals surface area contributed by atoms with Crippen LogP contribution in [0.15, 0.2) is 18.2 Å². The van der Waals surface area contributed by atoms with E-state index in [2.05, 4.69) is 5.32 Å². The van der Waals surface area contributed by atoms with Crippen LogP contribution in [-0.4, -0.2) is 19.1 Å². The third-order valence-corrected chi connectivity index (χ3v) is 2.41. The molecule has 1 aromatic carbocycles. The van der Waals surface area contributed by atoms with Gasteiger partial charge in [0.1, 0.15) is 6.04 Å². The molecule has 3 nitrogen and oxygen atoms in total. The zero-order valence-electron chi connectivity index (χ0n) is 10.5. The Morgan fingerprint density at radius 3 is 2.72 bits per heavy atom. The molecule has 0 amide bonds. The van der Waals surface area contributed by atoms with Crippen molar-refractivity contribution in [1.29, 1.82) is 0 Å². The molecule has 0 aliphatic rings. The largest absolute Gasteiger partial charge is 0.465 e. The van der Waals surface area contributed by atoms with Crippen LogP contribution in [0.2, 0.25) is 0 Å². The van der Waals surface area contributed by atoms with E-state index < -0.39 is 23.6 Å². The van der Waals surface area contributed by atoms with Gasteiger partial charge in [-0.15, -0.1) is 0 Å². The Hall–Kier alpha value is -1.49. The first kappa shape index (κ1) is 14.6. The number of hydrogen-bond donors (Lipinski definition) is 1. The van der Waals surface area contributed by atoms with Gasteiger partial charge >= 0.3 is 5.97 Å². The number of rotatable bonds is 6. The van der Waals surface area contributed by atoms with Crippen molar-refractivity contribution in [3.63, 3.8) is 0 Å². The lowest BCUT2D eigenvalue weighted by atomic mass is 10.1. The van der Waals surface area contributed by atoms with E-state index in [-0.39, 0.29) is 12.2 Å². The van der Waals surface area contributed by atoms with Crippen molar-refractivity contribution in [2.45, 2.75) is 26.3 Å². The quantitative estimate of drug-likeness (QED) is 0.796. The van der Waals surface area contributed by atoms with Crippen molar-refractivity contribution in [2.24, 2.45) is 0 Å². The van der Waals surface area contributed by atoms with Gasteiger partial charge in [-0.25, -0.2) is 13.6 Å². The summed E-state index contributed by atoms with van der Waals surface area (Å²) in [5.74, 6) is -2.59. The van der Waals surface area contributed by atoms with E-state index in [1.165, 1.54) is 12.1 Å². The molecule has 0 heterocycles. The summed E-state index contributed by atoms with van der Waals surface area (Å²) in [7, 11) is 0. The van der Waals surface area contributed by atoms with Crippen molar-refractivity contribution < 1.29 is 18.3 Å². The lowest BCUT2D eigenvalue weighted by molar-refractivity contribution is -0.145. The molecule has 0 aliphatic carbocycles. The maximum atomic E-state index is 13.7. The van der Waals surface area contributed by atoms with Crippen LogP contribution in [-0.2, 0) is 9.53 Å². The van der Waals surface area contributed by atoms with Gasteiger partial charge in [-0.3, -0.25) is 0 Å². The molecule has 0 aromatic heterocycles. The molecule has 1 N–H and O–H groups in total. The van der Waals surface area contributed by atoms with Gasteiger partial charge in [0.05, 0.1) is 6.61 Å². The lowest BCUT2D eigenvalue weighted by Crippen LogP contribution is -2.31. The van der Waals surface area contributed by atoms with Crippen molar-refractivity contribution in [1.82, 2.24) is 5.32 Å². The maximum absolute atomic E-state index is 13.7. The van der Waals surface area contributed by atoms with Crippen LogP contribution in [0.4, 0.5) is 8.78 Å². The van der Waals surface area contributed by atoms with Crippen LogP contribution in [0.5, 0.6) is 0 Å². The summed E-state index contributed by atoms with van der Waals surface area (Å²) >= 11 is 0. The second-order valence-electron chi connectivity index (χ2n) is 3.78. The Bertz CT molecular complexity index is 410. The molecule has 0 bridgehead atoms. The van der Waals surface area contributed by atoms with Crippen molar-refractivity contribution in [2.75, 3.05) is 13.2 Å². The van der Waals surface area contributed by atoms with Gasteiger partial charge in [-0.1, -0.05) is 19.1 Å². The van der Waals surface area contributed by atoms with Gasteiger partial charge in [0.2, 0.25) is 0 Å². The Balaban J connectivity index is 3.01. The SMILES string of the molecule is CCCNC(C(=O)OCC)c1cccc(F)c1F. The number of esters is 1. The number of carbonyl (C=O) groups is 1. The molecule has 0 spiro atoms. The van der Waals surface area contributed by atoms with Crippen molar-refractivity contribution in [3.8, 4) is 0 Å². The average Bonchev–Trinajstić information content (AvgIpc) is 2.35. The number of carbonyl (C=O) groups excluding carboxylic acids is 1. The monoisotopic (exact) mass is 257 g/mol. The van der Waals surface area contributed by atoms with E-state index in [9.17, 15) is 13.6 Å². The van der Waals surface area contributed by atoms with Crippen LogP contribution in [0.1, 0.15) is 31.9 Å². The second-order valence-corrected chi connectivity index (χ2v) is 3.78. The predicted octanol–water partition coefficient (Wildman–Crippen LogP) is 2.57. The summed E-state index contributed by atoms with van der Waals surface area (Å²) < 4.78 is 31.7. The van der Waals surface area contributed by atoms with Crippen molar-refractivity contribution >= 4 is 5.97 Å². The number of benzene rings is 1. The summed E-state index contributed by atoms with van der Waals surface area (Å²) in [6, 6.07) is 2.79. The van der Waals surface area contributed by atoms with E-state index in [0.717, 1.165) is 12.5 Å². The summed E-state index contributed by atoms with van der Waals surface area (Å²) in [5, 5.41) is 2.86. The number of nitrogens with one attached hydrogen (secondary N) is 1.